The van der Waals surface area contributed by atoms with Gasteiger partial charge in [-0.1, -0.05) is 12.2 Å². The molecule has 0 radical (unpaired) electrons. The molecule has 6 heteroatoms. The second kappa shape index (κ2) is 2.77. The Balaban J connectivity index is 1.95. The summed E-state index contributed by atoms with van der Waals surface area (Å²) >= 11 is 0. The summed E-state index contributed by atoms with van der Waals surface area (Å²) in [5.74, 6) is -5.19. The fraction of sp³-hybridized carbons (Fsp3) is 0.333. The van der Waals surface area contributed by atoms with E-state index in [0.717, 1.165) is 0 Å². The molecule has 0 spiro atoms. The molecule has 0 amide bonds. The monoisotopic (exact) mass is 246 g/mol. The first-order chi connectivity index (χ1) is 8.59. The van der Waals surface area contributed by atoms with Crippen molar-refractivity contribution in [2.45, 2.75) is 0 Å². The van der Waals surface area contributed by atoms with E-state index in [2.05, 4.69) is 9.47 Å². The number of ether oxygens (including phenoxy) is 2. The molecule has 2 aliphatic heterocycles. The molecule has 0 aromatic carbocycles. The Hall–Kier alpha value is -2.24. The second-order valence-corrected chi connectivity index (χ2v) is 4.73. The van der Waals surface area contributed by atoms with Crippen molar-refractivity contribution in [3.8, 4) is 0 Å². The Labute approximate surface area is 100 Å². The van der Waals surface area contributed by atoms with Gasteiger partial charge in [0.05, 0.1) is 23.0 Å². The molecule has 5 rings (SSSR count). The van der Waals surface area contributed by atoms with Crippen molar-refractivity contribution in [2.75, 3.05) is 0 Å². The Kier molecular flexibility index (Phi) is 1.50. The molecule has 4 unspecified atom stereocenters. The Morgan fingerprint density at radius 1 is 0.722 bits per heavy atom. The van der Waals surface area contributed by atoms with Crippen LogP contribution in [0.3, 0.4) is 0 Å². The quantitative estimate of drug-likeness (QED) is 0.325. The van der Waals surface area contributed by atoms with Crippen LogP contribution in [0.25, 0.3) is 0 Å². The number of hydrogen-bond acceptors (Lipinski definition) is 6. The van der Waals surface area contributed by atoms with Crippen molar-refractivity contribution < 1.29 is 28.7 Å². The first-order valence-electron chi connectivity index (χ1n) is 5.54. The normalized spacial score (nSPS) is 40.0. The molecule has 4 atom stereocenters. The van der Waals surface area contributed by atoms with Gasteiger partial charge in [-0.3, -0.25) is 9.59 Å². The van der Waals surface area contributed by atoms with E-state index in [4.69, 9.17) is 0 Å². The standard InChI is InChI=1S/C12H6O6/c13-9-5-3-1-2-4(7(5)11(15)17-9)8-6(3)10(14)18-12(8)16/h1-5,7H. The summed E-state index contributed by atoms with van der Waals surface area (Å²) in [6, 6.07) is 0. The van der Waals surface area contributed by atoms with E-state index in [0.29, 0.717) is 0 Å². The Morgan fingerprint density at radius 2 is 1.17 bits per heavy atom. The molecule has 6 nitrogen and oxygen atoms in total. The van der Waals surface area contributed by atoms with Gasteiger partial charge in [-0.2, -0.15) is 0 Å². The van der Waals surface area contributed by atoms with Crippen molar-refractivity contribution in [3.63, 3.8) is 0 Å². The lowest BCUT2D eigenvalue weighted by Gasteiger charge is -2.35. The van der Waals surface area contributed by atoms with Gasteiger partial charge in [0.1, 0.15) is 0 Å². The molecule has 0 saturated carbocycles. The minimum atomic E-state index is -0.708. The smallest absolute Gasteiger partial charge is 0.343 e. The molecule has 1 fully saturated rings. The summed E-state index contributed by atoms with van der Waals surface area (Å²) in [5.41, 5.74) is 0.445. The molecular weight excluding hydrogens is 240 g/mol. The summed E-state index contributed by atoms with van der Waals surface area (Å²) in [5, 5.41) is 0. The van der Waals surface area contributed by atoms with Crippen LogP contribution in [0, 0.1) is 23.7 Å². The summed E-state index contributed by atoms with van der Waals surface area (Å²) < 4.78 is 9.19. The predicted octanol–water partition coefficient (Wildman–Crippen LogP) is -0.502. The number of hydrogen-bond donors (Lipinski definition) is 0. The van der Waals surface area contributed by atoms with Crippen molar-refractivity contribution in [2.24, 2.45) is 23.7 Å². The zero-order valence-electron chi connectivity index (χ0n) is 8.91. The highest BCUT2D eigenvalue weighted by Crippen LogP contribution is 2.53. The molecule has 0 N–H and O–H groups in total. The maximum atomic E-state index is 11.6. The molecule has 5 aliphatic rings. The Bertz CT molecular complexity index is 560. The van der Waals surface area contributed by atoms with E-state index in [9.17, 15) is 19.2 Å². The second-order valence-electron chi connectivity index (χ2n) is 4.73. The van der Waals surface area contributed by atoms with E-state index in [1.165, 1.54) is 0 Å². The van der Waals surface area contributed by atoms with Crippen molar-refractivity contribution in [1.29, 1.82) is 0 Å². The van der Waals surface area contributed by atoms with Crippen molar-refractivity contribution in [1.82, 2.24) is 0 Å². The summed E-state index contributed by atoms with van der Waals surface area (Å²) in [7, 11) is 0. The molecule has 1 saturated heterocycles. The number of allylic oxidation sites excluding steroid dienone is 2. The van der Waals surface area contributed by atoms with E-state index in [-0.39, 0.29) is 11.1 Å². The predicted molar refractivity (Wildman–Crippen MR) is 52.3 cm³/mol. The number of esters is 4. The van der Waals surface area contributed by atoms with Gasteiger partial charge >= 0.3 is 23.9 Å². The molecule has 18 heavy (non-hydrogen) atoms. The lowest BCUT2D eigenvalue weighted by Crippen LogP contribution is -2.41. The van der Waals surface area contributed by atoms with Crippen LogP contribution in [0.15, 0.2) is 23.3 Å². The van der Waals surface area contributed by atoms with Gasteiger partial charge in [-0.25, -0.2) is 9.59 Å². The van der Waals surface area contributed by atoms with Crippen LogP contribution >= 0.6 is 0 Å². The van der Waals surface area contributed by atoms with Crippen molar-refractivity contribution in [3.05, 3.63) is 23.3 Å². The van der Waals surface area contributed by atoms with E-state index in [1.807, 2.05) is 0 Å². The topological polar surface area (TPSA) is 86.7 Å². The molecule has 3 aliphatic carbocycles. The summed E-state index contributed by atoms with van der Waals surface area (Å²) in [6.45, 7) is 0. The fourth-order valence-electron chi connectivity index (χ4n) is 3.34. The Morgan fingerprint density at radius 3 is 1.61 bits per heavy atom. The van der Waals surface area contributed by atoms with E-state index in [1.54, 1.807) is 12.2 Å². The highest BCUT2D eigenvalue weighted by atomic mass is 16.6. The molecule has 2 bridgehead atoms. The van der Waals surface area contributed by atoms with Gasteiger partial charge in [-0.15, -0.1) is 0 Å². The van der Waals surface area contributed by atoms with E-state index >= 15 is 0 Å². The summed E-state index contributed by atoms with van der Waals surface area (Å²) in [6.07, 6.45) is 3.37. The van der Waals surface area contributed by atoms with Gasteiger partial charge in [-0.05, 0) is 0 Å². The lowest BCUT2D eigenvalue weighted by molar-refractivity contribution is -0.154. The van der Waals surface area contributed by atoms with Gasteiger partial charge in [0, 0.05) is 11.8 Å². The number of rotatable bonds is 0. The number of cyclic esters (lactones) is 4. The summed E-state index contributed by atoms with van der Waals surface area (Å²) in [4.78, 5) is 46.5. The lowest BCUT2D eigenvalue weighted by atomic mass is 9.61. The zero-order valence-corrected chi connectivity index (χ0v) is 8.91. The molecule has 0 aromatic heterocycles. The molecule has 2 heterocycles. The van der Waals surface area contributed by atoms with Crippen LogP contribution in [0.5, 0.6) is 0 Å². The largest absolute Gasteiger partial charge is 0.393 e. The van der Waals surface area contributed by atoms with Gasteiger partial charge in [0.15, 0.2) is 0 Å². The maximum Gasteiger partial charge on any atom is 0.343 e. The third kappa shape index (κ3) is 0.870. The van der Waals surface area contributed by atoms with Crippen molar-refractivity contribution >= 4 is 23.9 Å². The SMILES string of the molecule is O=C1OC(=O)C2=C1C1C=CC2C2C(=O)OC(=O)C12. The third-order valence-electron chi connectivity index (χ3n) is 4.01. The van der Waals surface area contributed by atoms with Crippen LogP contribution in [-0.4, -0.2) is 23.9 Å². The zero-order chi connectivity index (χ0) is 12.6. The first-order valence-corrected chi connectivity index (χ1v) is 5.54. The van der Waals surface area contributed by atoms with Gasteiger partial charge in [0.2, 0.25) is 0 Å². The highest BCUT2D eigenvalue weighted by Gasteiger charge is 2.62. The van der Waals surface area contributed by atoms with Crippen LogP contribution in [0.1, 0.15) is 0 Å². The van der Waals surface area contributed by atoms with Crippen LogP contribution in [0.4, 0.5) is 0 Å². The highest BCUT2D eigenvalue weighted by molar-refractivity contribution is 6.16. The third-order valence-corrected chi connectivity index (χ3v) is 4.01. The maximum absolute atomic E-state index is 11.6. The fourth-order valence-corrected chi connectivity index (χ4v) is 3.34. The van der Waals surface area contributed by atoms with E-state index < -0.39 is 47.5 Å². The van der Waals surface area contributed by atoms with Crippen LogP contribution < -0.4 is 0 Å². The van der Waals surface area contributed by atoms with Crippen LogP contribution in [-0.2, 0) is 28.7 Å². The first kappa shape index (κ1) is 9.76. The number of carbonyl (C=O) groups is 4. The number of carbonyl (C=O) groups excluding carboxylic acids is 4. The average molecular weight is 246 g/mol. The minimum absolute atomic E-state index is 0.223. The van der Waals surface area contributed by atoms with Gasteiger partial charge < -0.3 is 9.47 Å². The van der Waals surface area contributed by atoms with Crippen LogP contribution in [0.2, 0.25) is 0 Å². The molecule has 0 aromatic rings. The van der Waals surface area contributed by atoms with Gasteiger partial charge in [0.25, 0.3) is 0 Å². The average Bonchev–Trinajstić information content (AvgIpc) is 2.81. The molecular formula is C12H6O6. The minimum Gasteiger partial charge on any atom is -0.393 e. The molecule has 90 valence electrons.